The lowest BCUT2D eigenvalue weighted by Crippen LogP contribution is -2.21. The summed E-state index contributed by atoms with van der Waals surface area (Å²) >= 11 is 3.44. The second-order valence-corrected chi connectivity index (χ2v) is 4.07. The molecule has 0 amide bonds. The van der Waals surface area contributed by atoms with E-state index in [4.69, 9.17) is 0 Å². The van der Waals surface area contributed by atoms with Crippen molar-refractivity contribution in [1.82, 2.24) is 4.98 Å². The van der Waals surface area contributed by atoms with Crippen molar-refractivity contribution < 1.29 is 5.11 Å². The van der Waals surface area contributed by atoms with E-state index in [0.717, 1.165) is 29.7 Å². The van der Waals surface area contributed by atoms with Crippen LogP contribution in [0, 0.1) is 0 Å². The van der Waals surface area contributed by atoms with Crippen molar-refractivity contribution in [2.75, 3.05) is 18.0 Å². The average molecular weight is 243 g/mol. The predicted octanol–water partition coefficient (Wildman–Crippen LogP) is 1.42. The summed E-state index contributed by atoms with van der Waals surface area (Å²) in [5.41, 5.74) is 1.12. The Morgan fingerprint density at radius 2 is 2.46 bits per heavy atom. The molecule has 0 radical (unpaired) electrons. The molecule has 1 aliphatic heterocycles. The number of nitrogens with zero attached hydrogens (tertiary/aromatic N) is 2. The summed E-state index contributed by atoms with van der Waals surface area (Å²) in [5, 5.41) is 9.38. The average Bonchev–Trinajstić information content (AvgIpc) is 2.53. The third kappa shape index (κ3) is 1.84. The summed E-state index contributed by atoms with van der Waals surface area (Å²) in [6, 6.07) is 1.96. The van der Waals surface area contributed by atoms with Gasteiger partial charge in [0.15, 0.2) is 0 Å². The van der Waals surface area contributed by atoms with Crippen LogP contribution in [0.3, 0.4) is 0 Å². The Morgan fingerprint density at radius 1 is 1.62 bits per heavy atom. The molecule has 0 bridgehead atoms. The van der Waals surface area contributed by atoms with Gasteiger partial charge in [0, 0.05) is 25.5 Å². The summed E-state index contributed by atoms with van der Waals surface area (Å²) in [5.74, 6) is 0. The first kappa shape index (κ1) is 8.97. The number of aromatic nitrogens is 1. The van der Waals surface area contributed by atoms with Gasteiger partial charge in [0.2, 0.25) is 0 Å². The predicted molar refractivity (Wildman–Crippen MR) is 54.8 cm³/mol. The third-order valence-electron chi connectivity index (χ3n) is 2.26. The minimum Gasteiger partial charge on any atom is -0.391 e. The third-order valence-corrected chi connectivity index (χ3v) is 2.87. The van der Waals surface area contributed by atoms with Gasteiger partial charge in [-0.1, -0.05) is 0 Å². The zero-order chi connectivity index (χ0) is 9.26. The molecule has 0 saturated carbocycles. The monoisotopic (exact) mass is 242 g/mol. The summed E-state index contributed by atoms with van der Waals surface area (Å²) in [6.45, 7) is 1.65. The Labute approximate surface area is 85.5 Å². The molecule has 3 nitrogen and oxygen atoms in total. The molecule has 0 aromatic carbocycles. The van der Waals surface area contributed by atoms with E-state index in [2.05, 4.69) is 25.8 Å². The number of hydrogen-bond acceptors (Lipinski definition) is 3. The molecule has 2 rings (SSSR count). The lowest BCUT2D eigenvalue weighted by atomic mass is 10.3. The minimum atomic E-state index is -0.180. The van der Waals surface area contributed by atoms with Crippen LogP contribution >= 0.6 is 15.9 Å². The normalized spacial score (nSPS) is 22.3. The van der Waals surface area contributed by atoms with Gasteiger partial charge >= 0.3 is 0 Å². The van der Waals surface area contributed by atoms with Gasteiger partial charge in [-0.3, -0.25) is 4.98 Å². The highest BCUT2D eigenvalue weighted by molar-refractivity contribution is 9.10. The standard InChI is InChI=1S/C9H11BrN2O/c10-8-5-11-3-1-9(8)12-4-2-7(13)6-12/h1,3,5,7,13H,2,4,6H2. The van der Waals surface area contributed by atoms with Crippen molar-refractivity contribution in [2.24, 2.45) is 0 Å². The number of halogens is 1. The molecule has 70 valence electrons. The number of β-amino-alcohol motifs (C(OH)–C–C–N with tert-alkyl or cyclic N) is 1. The number of hydrogen-bond donors (Lipinski definition) is 1. The highest BCUT2D eigenvalue weighted by atomic mass is 79.9. The fourth-order valence-electron chi connectivity index (χ4n) is 1.58. The van der Waals surface area contributed by atoms with Crippen LogP contribution in [0.25, 0.3) is 0 Å². The van der Waals surface area contributed by atoms with E-state index in [9.17, 15) is 5.11 Å². The van der Waals surface area contributed by atoms with Gasteiger partial charge in [0.1, 0.15) is 0 Å². The van der Waals surface area contributed by atoms with E-state index in [0.29, 0.717) is 0 Å². The van der Waals surface area contributed by atoms with E-state index >= 15 is 0 Å². The molecule has 1 fully saturated rings. The summed E-state index contributed by atoms with van der Waals surface area (Å²) in [7, 11) is 0. The SMILES string of the molecule is OC1CCN(c2ccncc2Br)C1. The summed E-state index contributed by atoms with van der Waals surface area (Å²) in [4.78, 5) is 6.16. The Hall–Kier alpha value is -0.610. The first-order valence-corrected chi connectivity index (χ1v) is 5.09. The van der Waals surface area contributed by atoms with Gasteiger partial charge in [0.25, 0.3) is 0 Å². The van der Waals surface area contributed by atoms with Crippen LogP contribution in [0.4, 0.5) is 5.69 Å². The molecule has 1 atom stereocenters. The topological polar surface area (TPSA) is 36.4 Å². The second-order valence-electron chi connectivity index (χ2n) is 3.22. The number of aliphatic hydroxyl groups excluding tert-OH is 1. The number of anilines is 1. The molecular weight excluding hydrogens is 232 g/mol. The molecule has 0 aliphatic carbocycles. The van der Waals surface area contributed by atoms with Gasteiger partial charge in [-0.25, -0.2) is 0 Å². The second kappa shape index (κ2) is 3.64. The van der Waals surface area contributed by atoms with E-state index in [1.807, 2.05) is 6.07 Å². The molecule has 1 N–H and O–H groups in total. The van der Waals surface area contributed by atoms with Crippen LogP contribution < -0.4 is 4.90 Å². The van der Waals surface area contributed by atoms with Crippen molar-refractivity contribution >= 4 is 21.6 Å². The van der Waals surface area contributed by atoms with Gasteiger partial charge in [-0.15, -0.1) is 0 Å². The van der Waals surface area contributed by atoms with Crippen LogP contribution in [-0.4, -0.2) is 29.3 Å². The minimum absolute atomic E-state index is 0.180. The van der Waals surface area contributed by atoms with E-state index < -0.39 is 0 Å². The zero-order valence-corrected chi connectivity index (χ0v) is 8.74. The molecule has 4 heteroatoms. The van der Waals surface area contributed by atoms with Crippen molar-refractivity contribution in [2.45, 2.75) is 12.5 Å². The molecule has 1 aromatic heterocycles. The molecule has 0 spiro atoms. The first-order chi connectivity index (χ1) is 6.27. The molecular formula is C9H11BrN2O. The van der Waals surface area contributed by atoms with E-state index in [-0.39, 0.29) is 6.10 Å². The van der Waals surface area contributed by atoms with Gasteiger partial charge < -0.3 is 10.0 Å². The highest BCUT2D eigenvalue weighted by Gasteiger charge is 2.21. The van der Waals surface area contributed by atoms with Crippen LogP contribution in [-0.2, 0) is 0 Å². The van der Waals surface area contributed by atoms with Gasteiger partial charge in [0.05, 0.1) is 16.3 Å². The molecule has 1 unspecified atom stereocenters. The van der Waals surface area contributed by atoms with Crippen molar-refractivity contribution in [3.05, 3.63) is 22.9 Å². The zero-order valence-electron chi connectivity index (χ0n) is 7.15. The van der Waals surface area contributed by atoms with Crippen molar-refractivity contribution in [1.29, 1.82) is 0 Å². The Kier molecular flexibility index (Phi) is 2.51. The van der Waals surface area contributed by atoms with Crippen LogP contribution in [0.15, 0.2) is 22.9 Å². The Bertz CT molecular complexity index is 305. The fraction of sp³-hybridized carbons (Fsp3) is 0.444. The van der Waals surface area contributed by atoms with Gasteiger partial charge in [-0.2, -0.15) is 0 Å². The number of rotatable bonds is 1. The highest BCUT2D eigenvalue weighted by Crippen LogP contribution is 2.27. The Morgan fingerprint density at radius 3 is 3.08 bits per heavy atom. The maximum Gasteiger partial charge on any atom is 0.0731 e. The summed E-state index contributed by atoms with van der Waals surface area (Å²) < 4.78 is 0.990. The lowest BCUT2D eigenvalue weighted by Gasteiger charge is -2.18. The molecule has 1 aromatic rings. The molecule has 1 aliphatic rings. The lowest BCUT2D eigenvalue weighted by molar-refractivity contribution is 0.198. The maximum atomic E-state index is 9.38. The Balaban J connectivity index is 2.21. The largest absolute Gasteiger partial charge is 0.391 e. The van der Waals surface area contributed by atoms with Gasteiger partial charge in [-0.05, 0) is 28.4 Å². The van der Waals surface area contributed by atoms with Crippen molar-refractivity contribution in [3.63, 3.8) is 0 Å². The number of aliphatic hydroxyl groups is 1. The van der Waals surface area contributed by atoms with Crippen molar-refractivity contribution in [3.8, 4) is 0 Å². The summed E-state index contributed by atoms with van der Waals surface area (Å²) in [6.07, 6.45) is 4.22. The fourth-order valence-corrected chi connectivity index (χ4v) is 2.09. The molecule has 2 heterocycles. The molecule has 1 saturated heterocycles. The maximum absolute atomic E-state index is 9.38. The quantitative estimate of drug-likeness (QED) is 0.810. The van der Waals surface area contributed by atoms with E-state index in [1.54, 1.807) is 12.4 Å². The molecule has 13 heavy (non-hydrogen) atoms. The first-order valence-electron chi connectivity index (χ1n) is 4.30. The smallest absolute Gasteiger partial charge is 0.0731 e. The van der Waals surface area contributed by atoms with E-state index in [1.165, 1.54) is 0 Å². The van der Waals surface area contributed by atoms with Crippen LogP contribution in [0.5, 0.6) is 0 Å². The van der Waals surface area contributed by atoms with Crippen LogP contribution in [0.2, 0.25) is 0 Å². The van der Waals surface area contributed by atoms with Crippen LogP contribution in [0.1, 0.15) is 6.42 Å². The number of pyridine rings is 1.